The van der Waals surface area contributed by atoms with Gasteiger partial charge in [-0.1, -0.05) is 6.07 Å². The summed E-state index contributed by atoms with van der Waals surface area (Å²) in [6, 6.07) is 5.32. The standard InChI is InChI=1S/C17H20FN7O3/c1-24(16(26)22-13-4-2-3-7-19-13)12-10-25(9-6-11(12)18)15-20-8-5-14(21-15)23-17(27)28/h2-5,7-8,11-12H,6,9-10H2,1H3,(H,27,28)(H,19,22,26)(H,20,21,23). The van der Waals surface area contributed by atoms with Crippen molar-refractivity contribution in [1.29, 1.82) is 0 Å². The summed E-state index contributed by atoms with van der Waals surface area (Å²) in [6.07, 6.45) is 0.700. The number of nitrogens with zero attached hydrogens (tertiary/aromatic N) is 5. The first-order valence-corrected chi connectivity index (χ1v) is 8.61. The molecule has 3 rings (SSSR count). The Morgan fingerprint density at radius 1 is 1.21 bits per heavy atom. The lowest BCUT2D eigenvalue weighted by atomic mass is 10.0. The number of nitrogens with one attached hydrogen (secondary N) is 2. The molecule has 10 nitrogen and oxygen atoms in total. The molecule has 0 radical (unpaired) electrons. The fraction of sp³-hybridized carbons (Fsp3) is 0.353. The van der Waals surface area contributed by atoms with E-state index in [1.54, 1.807) is 29.3 Å². The maximum atomic E-state index is 14.5. The maximum Gasteiger partial charge on any atom is 0.410 e. The largest absolute Gasteiger partial charge is 0.465 e. The van der Waals surface area contributed by atoms with Crippen molar-refractivity contribution >= 4 is 29.7 Å². The van der Waals surface area contributed by atoms with E-state index in [4.69, 9.17) is 5.11 Å². The lowest BCUT2D eigenvalue weighted by Gasteiger charge is -2.39. The number of aromatic nitrogens is 3. The van der Waals surface area contributed by atoms with Crippen LogP contribution in [0.3, 0.4) is 0 Å². The zero-order valence-electron chi connectivity index (χ0n) is 15.1. The van der Waals surface area contributed by atoms with Gasteiger partial charge in [-0.05, 0) is 24.6 Å². The van der Waals surface area contributed by atoms with Crippen LogP contribution in [0, 0.1) is 0 Å². The minimum absolute atomic E-state index is 0.123. The van der Waals surface area contributed by atoms with Crippen molar-refractivity contribution in [2.45, 2.75) is 18.6 Å². The molecule has 0 aliphatic carbocycles. The molecule has 1 aliphatic rings. The Labute approximate surface area is 160 Å². The lowest BCUT2D eigenvalue weighted by molar-refractivity contribution is 0.133. The fourth-order valence-corrected chi connectivity index (χ4v) is 2.91. The van der Waals surface area contributed by atoms with E-state index in [-0.39, 0.29) is 24.7 Å². The molecule has 1 fully saturated rings. The topological polar surface area (TPSA) is 124 Å². The minimum atomic E-state index is -1.24. The van der Waals surface area contributed by atoms with Gasteiger partial charge in [0, 0.05) is 32.5 Å². The molecule has 0 spiro atoms. The van der Waals surface area contributed by atoms with E-state index in [2.05, 4.69) is 25.6 Å². The molecule has 3 N–H and O–H groups in total. The molecule has 148 valence electrons. The highest BCUT2D eigenvalue weighted by Crippen LogP contribution is 2.23. The van der Waals surface area contributed by atoms with Gasteiger partial charge in [0.15, 0.2) is 0 Å². The Kier molecular flexibility index (Phi) is 5.82. The van der Waals surface area contributed by atoms with Crippen molar-refractivity contribution in [3.05, 3.63) is 36.7 Å². The van der Waals surface area contributed by atoms with Crippen LogP contribution in [-0.4, -0.2) is 69.4 Å². The van der Waals surface area contributed by atoms with E-state index in [1.807, 2.05) is 0 Å². The van der Waals surface area contributed by atoms with Crippen molar-refractivity contribution in [3.8, 4) is 0 Å². The molecule has 28 heavy (non-hydrogen) atoms. The summed E-state index contributed by atoms with van der Waals surface area (Å²) in [4.78, 5) is 38.5. The van der Waals surface area contributed by atoms with E-state index < -0.39 is 24.3 Å². The number of anilines is 3. The molecule has 3 heterocycles. The summed E-state index contributed by atoms with van der Waals surface area (Å²) in [5.74, 6) is 0.762. The molecular weight excluding hydrogens is 369 g/mol. The molecule has 11 heteroatoms. The van der Waals surface area contributed by atoms with Crippen LogP contribution in [0.4, 0.5) is 31.6 Å². The maximum absolute atomic E-state index is 14.5. The first kappa shape index (κ1) is 19.3. The first-order valence-electron chi connectivity index (χ1n) is 8.61. The number of rotatable bonds is 4. The van der Waals surface area contributed by atoms with Crippen LogP contribution in [0.5, 0.6) is 0 Å². The second kappa shape index (κ2) is 8.46. The number of amides is 3. The van der Waals surface area contributed by atoms with Gasteiger partial charge >= 0.3 is 12.1 Å². The Morgan fingerprint density at radius 2 is 2.04 bits per heavy atom. The second-order valence-corrected chi connectivity index (χ2v) is 6.25. The van der Waals surface area contributed by atoms with E-state index in [1.165, 1.54) is 24.2 Å². The molecule has 0 aromatic carbocycles. The van der Waals surface area contributed by atoms with Gasteiger partial charge in [0.2, 0.25) is 5.95 Å². The fourth-order valence-electron chi connectivity index (χ4n) is 2.91. The highest BCUT2D eigenvalue weighted by atomic mass is 19.1. The summed E-state index contributed by atoms with van der Waals surface area (Å²) < 4.78 is 14.5. The number of alkyl halides is 1. The smallest absolute Gasteiger partial charge is 0.410 e. The number of hydrogen-bond acceptors (Lipinski definition) is 6. The highest BCUT2D eigenvalue weighted by molar-refractivity contribution is 5.88. The number of hydrogen-bond donors (Lipinski definition) is 3. The summed E-state index contributed by atoms with van der Waals surface area (Å²) in [5.41, 5.74) is 0. The van der Waals surface area contributed by atoms with Gasteiger partial charge in [-0.2, -0.15) is 4.98 Å². The van der Waals surface area contributed by atoms with Gasteiger partial charge in [-0.15, -0.1) is 0 Å². The average Bonchev–Trinajstić information content (AvgIpc) is 2.68. The quantitative estimate of drug-likeness (QED) is 0.731. The van der Waals surface area contributed by atoms with Crippen LogP contribution >= 0.6 is 0 Å². The van der Waals surface area contributed by atoms with Gasteiger partial charge in [0.1, 0.15) is 17.8 Å². The third kappa shape index (κ3) is 4.61. The van der Waals surface area contributed by atoms with E-state index in [0.29, 0.717) is 12.4 Å². The number of likely N-dealkylation sites (N-methyl/N-ethyl adjacent to an activating group) is 1. The number of carbonyl (C=O) groups excluding carboxylic acids is 1. The first-order chi connectivity index (χ1) is 13.4. The SMILES string of the molecule is CN(C(=O)Nc1ccccn1)C1CN(c2nccc(NC(=O)O)n2)CCC1F. The van der Waals surface area contributed by atoms with E-state index >= 15 is 0 Å². The lowest BCUT2D eigenvalue weighted by Crippen LogP contribution is -2.55. The van der Waals surface area contributed by atoms with E-state index in [9.17, 15) is 14.0 Å². The van der Waals surface area contributed by atoms with Crippen LogP contribution in [0.1, 0.15) is 6.42 Å². The molecule has 0 bridgehead atoms. The summed E-state index contributed by atoms with van der Waals surface area (Å²) in [6.45, 7) is 0.522. The zero-order valence-corrected chi connectivity index (χ0v) is 15.1. The van der Waals surface area contributed by atoms with Gasteiger partial charge < -0.3 is 14.9 Å². The molecule has 3 amide bonds. The van der Waals surface area contributed by atoms with Crippen LogP contribution in [0.25, 0.3) is 0 Å². The van der Waals surface area contributed by atoms with Crippen molar-refractivity contribution in [1.82, 2.24) is 19.9 Å². The summed E-state index contributed by atoms with van der Waals surface area (Å²) in [7, 11) is 1.52. The van der Waals surface area contributed by atoms with Gasteiger partial charge in [-0.3, -0.25) is 10.6 Å². The Hall–Kier alpha value is -3.50. The third-order valence-corrected chi connectivity index (χ3v) is 4.38. The number of urea groups is 1. The average molecular weight is 389 g/mol. The summed E-state index contributed by atoms with van der Waals surface area (Å²) >= 11 is 0. The van der Waals surface area contributed by atoms with Crippen molar-refractivity contribution in [3.63, 3.8) is 0 Å². The molecule has 2 unspecified atom stereocenters. The molecular formula is C17H20FN7O3. The minimum Gasteiger partial charge on any atom is -0.465 e. The number of carboxylic acid groups (broad SMARTS) is 1. The van der Waals surface area contributed by atoms with Crippen molar-refractivity contribution in [2.75, 3.05) is 35.7 Å². The van der Waals surface area contributed by atoms with Crippen molar-refractivity contribution < 1.29 is 19.1 Å². The predicted molar refractivity (Wildman–Crippen MR) is 100 cm³/mol. The van der Waals surface area contributed by atoms with Gasteiger partial charge in [0.25, 0.3) is 0 Å². The highest BCUT2D eigenvalue weighted by Gasteiger charge is 2.35. The third-order valence-electron chi connectivity index (χ3n) is 4.38. The van der Waals surface area contributed by atoms with Crippen LogP contribution in [0.2, 0.25) is 0 Å². The van der Waals surface area contributed by atoms with Gasteiger partial charge in [-0.25, -0.2) is 23.9 Å². The Bertz CT molecular complexity index is 839. The molecule has 1 saturated heterocycles. The summed E-state index contributed by atoms with van der Waals surface area (Å²) in [5, 5.41) is 13.6. The normalized spacial score (nSPS) is 19.0. The Morgan fingerprint density at radius 3 is 2.75 bits per heavy atom. The predicted octanol–water partition coefficient (Wildman–Crippen LogP) is 2.04. The second-order valence-electron chi connectivity index (χ2n) is 6.25. The van der Waals surface area contributed by atoms with Gasteiger partial charge in [0.05, 0.1) is 6.04 Å². The number of carbonyl (C=O) groups is 2. The number of halogens is 1. The zero-order chi connectivity index (χ0) is 20.1. The van der Waals surface area contributed by atoms with Crippen LogP contribution < -0.4 is 15.5 Å². The van der Waals surface area contributed by atoms with Crippen molar-refractivity contribution in [2.24, 2.45) is 0 Å². The number of piperidine rings is 1. The molecule has 2 aromatic rings. The van der Waals surface area contributed by atoms with E-state index in [0.717, 1.165) is 0 Å². The molecule has 2 atom stereocenters. The van der Waals surface area contributed by atoms with Crippen LogP contribution in [-0.2, 0) is 0 Å². The van der Waals surface area contributed by atoms with Crippen LogP contribution in [0.15, 0.2) is 36.7 Å². The Balaban J connectivity index is 1.70. The molecule has 1 aliphatic heterocycles. The molecule has 0 saturated carbocycles. The monoisotopic (exact) mass is 389 g/mol. The molecule has 2 aromatic heterocycles. The number of pyridine rings is 1.